The fourth-order valence-electron chi connectivity index (χ4n) is 2.34. The number of fused-ring (bicyclic) bond motifs is 1. The molecule has 0 fully saturated rings. The molecule has 0 aliphatic heterocycles. The van der Waals surface area contributed by atoms with Gasteiger partial charge in [-0.1, -0.05) is 35.6 Å². The number of hydrogen-bond donors (Lipinski definition) is 0. The van der Waals surface area contributed by atoms with Crippen LogP contribution >= 0.6 is 33.9 Å². The SMILES string of the molecule is CN(C)CCN(C(=O)c1ccccc1I)c1nc2ccccc2s1. The van der Waals surface area contributed by atoms with Crippen LogP contribution in [0.1, 0.15) is 10.4 Å². The lowest BCUT2D eigenvalue weighted by Crippen LogP contribution is -2.37. The van der Waals surface area contributed by atoms with Crippen LogP contribution < -0.4 is 4.90 Å². The minimum absolute atomic E-state index is 0.000839. The molecule has 24 heavy (non-hydrogen) atoms. The number of amides is 1. The van der Waals surface area contributed by atoms with Crippen molar-refractivity contribution in [2.75, 3.05) is 32.1 Å². The molecule has 1 heterocycles. The van der Waals surface area contributed by atoms with E-state index in [9.17, 15) is 4.79 Å². The molecule has 1 aromatic heterocycles. The van der Waals surface area contributed by atoms with E-state index in [2.05, 4.69) is 32.5 Å². The van der Waals surface area contributed by atoms with Crippen LogP contribution in [0.15, 0.2) is 48.5 Å². The average molecular weight is 451 g/mol. The molecule has 0 bridgehead atoms. The Morgan fingerprint density at radius 1 is 1.08 bits per heavy atom. The number of anilines is 1. The summed E-state index contributed by atoms with van der Waals surface area (Å²) in [6.07, 6.45) is 0. The van der Waals surface area contributed by atoms with E-state index in [4.69, 9.17) is 0 Å². The van der Waals surface area contributed by atoms with Crippen LogP contribution in [0.3, 0.4) is 0 Å². The van der Waals surface area contributed by atoms with Crippen LogP contribution in [0.5, 0.6) is 0 Å². The molecule has 3 rings (SSSR count). The summed E-state index contributed by atoms with van der Waals surface area (Å²) in [4.78, 5) is 21.7. The van der Waals surface area contributed by atoms with Crippen molar-refractivity contribution in [1.29, 1.82) is 0 Å². The average Bonchev–Trinajstić information content (AvgIpc) is 2.98. The van der Waals surface area contributed by atoms with E-state index in [0.29, 0.717) is 6.54 Å². The minimum atomic E-state index is 0.000839. The second kappa shape index (κ2) is 7.58. The Bertz CT molecular complexity index is 829. The highest BCUT2D eigenvalue weighted by Crippen LogP contribution is 2.30. The number of hydrogen-bond acceptors (Lipinski definition) is 4. The molecule has 124 valence electrons. The van der Waals surface area contributed by atoms with E-state index in [1.54, 1.807) is 16.2 Å². The van der Waals surface area contributed by atoms with Gasteiger partial charge in [0, 0.05) is 16.7 Å². The second-order valence-corrected chi connectivity index (χ2v) is 7.88. The van der Waals surface area contributed by atoms with Crippen molar-refractivity contribution in [2.24, 2.45) is 0 Å². The van der Waals surface area contributed by atoms with E-state index in [-0.39, 0.29) is 5.91 Å². The molecule has 1 amide bonds. The van der Waals surface area contributed by atoms with Gasteiger partial charge in [-0.3, -0.25) is 9.69 Å². The van der Waals surface area contributed by atoms with Crippen LogP contribution in [-0.2, 0) is 0 Å². The minimum Gasteiger partial charge on any atom is -0.308 e. The molecule has 0 saturated carbocycles. The third-order valence-electron chi connectivity index (χ3n) is 3.63. The first-order valence-corrected chi connectivity index (χ1v) is 9.52. The fraction of sp³-hybridized carbons (Fsp3) is 0.222. The van der Waals surface area contributed by atoms with E-state index < -0.39 is 0 Å². The summed E-state index contributed by atoms with van der Waals surface area (Å²) in [6, 6.07) is 15.7. The molecule has 0 aliphatic rings. The fourth-order valence-corrected chi connectivity index (χ4v) is 3.95. The number of carbonyl (C=O) groups excluding carboxylic acids is 1. The zero-order valence-corrected chi connectivity index (χ0v) is 16.5. The van der Waals surface area contributed by atoms with Crippen molar-refractivity contribution >= 4 is 55.2 Å². The zero-order valence-electron chi connectivity index (χ0n) is 13.6. The van der Waals surface area contributed by atoms with Crippen molar-refractivity contribution < 1.29 is 4.79 Å². The number of likely N-dealkylation sites (N-methyl/N-ethyl adjacent to an activating group) is 1. The highest BCUT2D eigenvalue weighted by atomic mass is 127. The van der Waals surface area contributed by atoms with Crippen molar-refractivity contribution in [3.8, 4) is 0 Å². The monoisotopic (exact) mass is 451 g/mol. The number of halogens is 1. The molecule has 0 saturated heterocycles. The molecule has 0 radical (unpaired) electrons. The summed E-state index contributed by atoms with van der Waals surface area (Å²) >= 11 is 3.77. The summed E-state index contributed by atoms with van der Waals surface area (Å²) in [5, 5.41) is 0.753. The Morgan fingerprint density at radius 3 is 2.50 bits per heavy atom. The van der Waals surface area contributed by atoms with Gasteiger partial charge >= 0.3 is 0 Å². The summed E-state index contributed by atoms with van der Waals surface area (Å²) in [5.41, 5.74) is 1.65. The third-order valence-corrected chi connectivity index (χ3v) is 5.63. The van der Waals surface area contributed by atoms with Gasteiger partial charge in [0.25, 0.3) is 5.91 Å². The second-order valence-electron chi connectivity index (χ2n) is 5.70. The Morgan fingerprint density at radius 2 is 1.79 bits per heavy atom. The Hall–Kier alpha value is -1.51. The van der Waals surface area contributed by atoms with Gasteiger partial charge in [-0.25, -0.2) is 4.98 Å². The molecule has 4 nitrogen and oxygen atoms in total. The maximum Gasteiger partial charge on any atom is 0.261 e. The van der Waals surface area contributed by atoms with E-state index in [1.165, 1.54) is 0 Å². The lowest BCUT2D eigenvalue weighted by Gasteiger charge is -2.22. The molecular weight excluding hydrogens is 433 g/mol. The summed E-state index contributed by atoms with van der Waals surface area (Å²) in [6.45, 7) is 1.39. The Kier molecular flexibility index (Phi) is 5.47. The quantitative estimate of drug-likeness (QED) is 0.548. The third kappa shape index (κ3) is 3.76. The van der Waals surface area contributed by atoms with E-state index >= 15 is 0 Å². The molecule has 0 N–H and O–H groups in total. The first kappa shape index (κ1) is 17.3. The number of carbonyl (C=O) groups is 1. The topological polar surface area (TPSA) is 36.4 Å². The van der Waals surface area contributed by atoms with Gasteiger partial charge in [0.1, 0.15) is 0 Å². The summed E-state index contributed by atoms with van der Waals surface area (Å²) in [7, 11) is 4.01. The van der Waals surface area contributed by atoms with Gasteiger partial charge in [0.2, 0.25) is 0 Å². The lowest BCUT2D eigenvalue weighted by molar-refractivity contribution is 0.0984. The highest BCUT2D eigenvalue weighted by Gasteiger charge is 2.22. The van der Waals surface area contributed by atoms with Gasteiger partial charge in [0.05, 0.1) is 15.8 Å². The molecule has 0 atom stereocenters. The predicted octanol–water partition coefficient (Wildman–Crippen LogP) is 4.11. The van der Waals surface area contributed by atoms with Crippen LogP contribution in [0, 0.1) is 3.57 Å². The Labute approximate surface area is 159 Å². The number of para-hydroxylation sites is 1. The number of aromatic nitrogens is 1. The molecule has 2 aromatic carbocycles. The first-order valence-electron chi connectivity index (χ1n) is 7.63. The van der Waals surface area contributed by atoms with E-state index in [0.717, 1.165) is 31.0 Å². The lowest BCUT2D eigenvalue weighted by atomic mass is 10.2. The maximum atomic E-state index is 13.1. The number of nitrogens with zero attached hydrogens (tertiary/aromatic N) is 3. The summed E-state index contributed by atoms with van der Waals surface area (Å²) < 4.78 is 2.05. The smallest absolute Gasteiger partial charge is 0.261 e. The van der Waals surface area contributed by atoms with Gasteiger partial charge in [-0.05, 0) is 61.0 Å². The molecule has 0 spiro atoms. The molecule has 3 aromatic rings. The predicted molar refractivity (Wildman–Crippen MR) is 109 cm³/mol. The van der Waals surface area contributed by atoms with Gasteiger partial charge < -0.3 is 4.90 Å². The molecule has 0 unspecified atom stereocenters. The van der Waals surface area contributed by atoms with Crippen LogP contribution in [0.2, 0.25) is 0 Å². The number of benzene rings is 2. The van der Waals surface area contributed by atoms with Crippen LogP contribution in [0.25, 0.3) is 10.2 Å². The van der Waals surface area contributed by atoms with Crippen molar-refractivity contribution in [3.63, 3.8) is 0 Å². The van der Waals surface area contributed by atoms with Crippen molar-refractivity contribution in [1.82, 2.24) is 9.88 Å². The number of rotatable bonds is 5. The van der Waals surface area contributed by atoms with Gasteiger partial charge in [0.15, 0.2) is 5.13 Å². The molecule has 6 heteroatoms. The highest BCUT2D eigenvalue weighted by molar-refractivity contribution is 14.1. The van der Waals surface area contributed by atoms with Crippen molar-refractivity contribution in [2.45, 2.75) is 0 Å². The van der Waals surface area contributed by atoms with Crippen LogP contribution in [0.4, 0.5) is 5.13 Å². The largest absolute Gasteiger partial charge is 0.308 e. The van der Waals surface area contributed by atoms with E-state index in [1.807, 2.05) is 62.6 Å². The standard InChI is InChI=1S/C18H18IN3OS/c1-21(2)11-12-22(17(23)13-7-3-4-8-14(13)19)18-20-15-9-5-6-10-16(15)24-18/h3-10H,11-12H2,1-2H3. The Balaban J connectivity index is 1.99. The first-order chi connectivity index (χ1) is 11.6. The van der Waals surface area contributed by atoms with Crippen molar-refractivity contribution in [3.05, 3.63) is 57.7 Å². The zero-order chi connectivity index (χ0) is 17.1. The summed E-state index contributed by atoms with van der Waals surface area (Å²) in [5.74, 6) is 0.000839. The molecular formula is C18H18IN3OS. The van der Waals surface area contributed by atoms with Gasteiger partial charge in [-0.2, -0.15) is 0 Å². The maximum absolute atomic E-state index is 13.1. The van der Waals surface area contributed by atoms with Gasteiger partial charge in [-0.15, -0.1) is 0 Å². The van der Waals surface area contributed by atoms with Crippen LogP contribution in [-0.4, -0.2) is 43.0 Å². The molecule has 0 aliphatic carbocycles. The normalized spacial score (nSPS) is 11.2. The number of thiazole rings is 1.